The van der Waals surface area contributed by atoms with Crippen LogP contribution < -0.4 is 14.8 Å². The van der Waals surface area contributed by atoms with E-state index in [1.54, 1.807) is 0 Å². The van der Waals surface area contributed by atoms with Crippen LogP contribution >= 0.6 is 11.3 Å². The molecule has 2 aromatic heterocycles. The Hall–Kier alpha value is -2.99. The summed E-state index contributed by atoms with van der Waals surface area (Å²) in [6.07, 6.45) is 2.83. The topological polar surface area (TPSA) is 56.5 Å². The fourth-order valence-electron chi connectivity index (χ4n) is 2.77. The number of ether oxygens (including phenoxy) is 1. The van der Waals surface area contributed by atoms with Gasteiger partial charge in [-0.05, 0) is 43.2 Å². The van der Waals surface area contributed by atoms with Crippen LogP contribution in [0.2, 0.25) is 0 Å². The molecule has 0 aliphatic heterocycles. The summed E-state index contributed by atoms with van der Waals surface area (Å²) in [7, 11) is 0. The van der Waals surface area contributed by atoms with E-state index in [0.29, 0.717) is 21.9 Å². The van der Waals surface area contributed by atoms with Crippen LogP contribution in [0.4, 0.5) is 0 Å². The van der Waals surface area contributed by atoms with Crippen LogP contribution in [-0.2, 0) is 0 Å². The molecule has 0 radical (unpaired) electrons. The van der Waals surface area contributed by atoms with Crippen molar-refractivity contribution in [2.45, 2.75) is 20.3 Å². The third kappa shape index (κ3) is 3.61. The van der Waals surface area contributed by atoms with E-state index in [1.165, 1.54) is 15.9 Å². The Kier molecular flexibility index (Phi) is 4.73. The van der Waals surface area contributed by atoms with Crippen molar-refractivity contribution < 1.29 is 4.74 Å². The molecular formula is C21H19N3O2S. The van der Waals surface area contributed by atoms with Crippen molar-refractivity contribution in [3.63, 3.8) is 0 Å². The number of nitrogens with zero attached hydrogens (tertiary/aromatic N) is 3. The highest BCUT2D eigenvalue weighted by atomic mass is 32.1. The summed E-state index contributed by atoms with van der Waals surface area (Å²) in [4.78, 5) is 17.8. The molecule has 2 heterocycles. The Labute approximate surface area is 160 Å². The van der Waals surface area contributed by atoms with Crippen molar-refractivity contribution in [1.82, 2.24) is 14.6 Å². The van der Waals surface area contributed by atoms with Crippen molar-refractivity contribution >= 4 is 22.4 Å². The molecule has 0 aliphatic rings. The molecule has 0 saturated heterocycles. The minimum absolute atomic E-state index is 0.146. The molecule has 0 atom stereocenters. The van der Waals surface area contributed by atoms with E-state index in [-0.39, 0.29) is 5.56 Å². The monoisotopic (exact) mass is 377 g/mol. The van der Waals surface area contributed by atoms with E-state index < -0.39 is 0 Å². The van der Waals surface area contributed by atoms with Crippen molar-refractivity contribution in [3.8, 4) is 17.1 Å². The molecule has 0 amide bonds. The lowest BCUT2D eigenvalue weighted by molar-refractivity contribution is 0.317. The second-order valence-corrected chi connectivity index (χ2v) is 7.34. The summed E-state index contributed by atoms with van der Waals surface area (Å²) in [5, 5.41) is 4.40. The average molecular weight is 377 g/mol. The minimum Gasteiger partial charge on any atom is -0.494 e. The molecule has 0 bridgehead atoms. The van der Waals surface area contributed by atoms with E-state index >= 15 is 0 Å². The standard InChI is InChI=1S/C21H19N3O2S/c1-3-11-26-17-9-7-15(8-10-17)13-18-20(25)24-21(27-18)22-19(23-24)16-6-4-5-14(2)12-16/h4-10,12-13H,3,11H2,1-2H3/b18-13-. The molecule has 27 heavy (non-hydrogen) atoms. The zero-order chi connectivity index (χ0) is 18.8. The quantitative estimate of drug-likeness (QED) is 0.534. The van der Waals surface area contributed by atoms with Gasteiger partial charge < -0.3 is 4.74 Å². The molecule has 0 N–H and O–H groups in total. The molecule has 0 saturated carbocycles. The lowest BCUT2D eigenvalue weighted by atomic mass is 10.1. The Morgan fingerprint density at radius 2 is 2.00 bits per heavy atom. The van der Waals surface area contributed by atoms with E-state index in [9.17, 15) is 4.79 Å². The maximum Gasteiger partial charge on any atom is 0.291 e. The number of aromatic nitrogens is 3. The SMILES string of the molecule is CCCOc1ccc(/C=c2\sc3nc(-c4cccc(C)c4)nn3c2=O)cc1. The fraction of sp³-hybridized carbons (Fsp3) is 0.190. The molecule has 0 unspecified atom stereocenters. The molecular weight excluding hydrogens is 358 g/mol. The van der Waals surface area contributed by atoms with E-state index in [0.717, 1.165) is 28.9 Å². The highest BCUT2D eigenvalue weighted by Crippen LogP contribution is 2.18. The molecule has 2 aromatic carbocycles. The fourth-order valence-corrected chi connectivity index (χ4v) is 3.68. The molecule has 4 rings (SSSR count). The highest BCUT2D eigenvalue weighted by molar-refractivity contribution is 7.15. The predicted molar refractivity (Wildman–Crippen MR) is 108 cm³/mol. The van der Waals surface area contributed by atoms with Gasteiger partial charge in [0.2, 0.25) is 4.96 Å². The summed E-state index contributed by atoms with van der Waals surface area (Å²) in [5.41, 5.74) is 2.85. The smallest absolute Gasteiger partial charge is 0.291 e. The van der Waals surface area contributed by atoms with Crippen LogP contribution in [0, 0.1) is 6.92 Å². The van der Waals surface area contributed by atoms with Crippen LogP contribution in [0.25, 0.3) is 22.4 Å². The summed E-state index contributed by atoms with van der Waals surface area (Å²) in [6.45, 7) is 4.79. The lowest BCUT2D eigenvalue weighted by Crippen LogP contribution is -2.23. The number of thiazole rings is 1. The van der Waals surface area contributed by atoms with E-state index in [1.807, 2.05) is 61.5 Å². The number of hydrogen-bond donors (Lipinski definition) is 0. The van der Waals surface area contributed by atoms with Gasteiger partial charge in [-0.3, -0.25) is 4.79 Å². The van der Waals surface area contributed by atoms with Gasteiger partial charge in [0.25, 0.3) is 5.56 Å². The zero-order valence-corrected chi connectivity index (χ0v) is 16.0. The van der Waals surface area contributed by atoms with Crippen molar-refractivity contribution in [3.05, 3.63) is 74.5 Å². The maximum absolute atomic E-state index is 12.7. The number of benzene rings is 2. The van der Waals surface area contributed by atoms with Gasteiger partial charge >= 0.3 is 0 Å². The third-order valence-corrected chi connectivity index (χ3v) is 5.07. The molecule has 0 aliphatic carbocycles. The highest BCUT2D eigenvalue weighted by Gasteiger charge is 2.12. The van der Waals surface area contributed by atoms with Gasteiger partial charge in [-0.15, -0.1) is 5.10 Å². The lowest BCUT2D eigenvalue weighted by Gasteiger charge is -2.03. The molecule has 0 fully saturated rings. The number of fused-ring (bicyclic) bond motifs is 1. The first-order valence-electron chi connectivity index (χ1n) is 8.85. The third-order valence-electron chi connectivity index (χ3n) is 4.11. The summed E-state index contributed by atoms with van der Waals surface area (Å²) >= 11 is 1.35. The molecule has 6 heteroatoms. The first-order valence-corrected chi connectivity index (χ1v) is 9.67. The van der Waals surface area contributed by atoms with Gasteiger partial charge in [-0.1, -0.05) is 54.2 Å². The number of hydrogen-bond acceptors (Lipinski definition) is 5. The van der Waals surface area contributed by atoms with Crippen molar-refractivity contribution in [2.75, 3.05) is 6.61 Å². The Morgan fingerprint density at radius 3 is 2.70 bits per heavy atom. The van der Waals surface area contributed by atoms with Gasteiger partial charge in [0.1, 0.15) is 5.75 Å². The van der Waals surface area contributed by atoms with Gasteiger partial charge in [0.05, 0.1) is 11.1 Å². The summed E-state index contributed by atoms with van der Waals surface area (Å²) in [6, 6.07) is 15.7. The van der Waals surface area contributed by atoms with Crippen molar-refractivity contribution in [1.29, 1.82) is 0 Å². The number of rotatable bonds is 5. The molecule has 0 spiro atoms. The average Bonchev–Trinajstić information content (AvgIpc) is 3.21. The largest absolute Gasteiger partial charge is 0.494 e. The number of aryl methyl sites for hydroxylation is 1. The van der Waals surface area contributed by atoms with E-state index in [2.05, 4.69) is 17.0 Å². The second kappa shape index (κ2) is 7.32. The van der Waals surface area contributed by atoms with Crippen molar-refractivity contribution in [2.24, 2.45) is 0 Å². The van der Waals surface area contributed by atoms with Crippen LogP contribution in [0.1, 0.15) is 24.5 Å². The molecule has 4 aromatic rings. The van der Waals surface area contributed by atoms with Gasteiger partial charge in [-0.25, -0.2) is 0 Å². The first kappa shape index (κ1) is 17.4. The van der Waals surface area contributed by atoms with Crippen LogP contribution in [-0.4, -0.2) is 21.2 Å². The first-order chi connectivity index (χ1) is 13.1. The Balaban J connectivity index is 1.67. The van der Waals surface area contributed by atoms with Crippen LogP contribution in [0.15, 0.2) is 53.3 Å². The predicted octanol–water partition coefficient (Wildman–Crippen LogP) is 3.46. The van der Waals surface area contributed by atoms with Gasteiger partial charge in [0.15, 0.2) is 5.82 Å². The van der Waals surface area contributed by atoms with Gasteiger partial charge in [-0.2, -0.15) is 9.50 Å². The van der Waals surface area contributed by atoms with E-state index in [4.69, 9.17) is 4.74 Å². The molecule has 5 nitrogen and oxygen atoms in total. The second-order valence-electron chi connectivity index (χ2n) is 6.33. The Morgan fingerprint density at radius 1 is 1.19 bits per heavy atom. The normalized spacial score (nSPS) is 12.0. The van der Waals surface area contributed by atoms with Gasteiger partial charge in [0, 0.05) is 5.56 Å². The maximum atomic E-state index is 12.7. The molecule has 136 valence electrons. The van der Waals surface area contributed by atoms with Crippen LogP contribution in [0.3, 0.4) is 0 Å². The summed E-state index contributed by atoms with van der Waals surface area (Å²) in [5.74, 6) is 1.41. The zero-order valence-electron chi connectivity index (χ0n) is 15.2. The summed E-state index contributed by atoms with van der Waals surface area (Å²) < 4.78 is 7.58. The Bertz CT molecular complexity index is 1190. The minimum atomic E-state index is -0.146. The van der Waals surface area contributed by atoms with Crippen LogP contribution in [0.5, 0.6) is 5.75 Å².